The molecule has 0 saturated carbocycles. The van der Waals surface area contributed by atoms with Gasteiger partial charge in [0.2, 0.25) is 5.91 Å². The summed E-state index contributed by atoms with van der Waals surface area (Å²) in [6, 6.07) is 6.37. The predicted molar refractivity (Wildman–Crippen MR) is 81.7 cm³/mol. The van der Waals surface area contributed by atoms with Crippen LogP contribution in [0, 0.1) is 5.82 Å². The predicted octanol–water partition coefficient (Wildman–Crippen LogP) is 1.88. The molecule has 0 unspecified atom stereocenters. The number of hydrogen-bond acceptors (Lipinski definition) is 4. The van der Waals surface area contributed by atoms with E-state index in [9.17, 15) is 9.18 Å². The Kier molecular flexibility index (Phi) is 5.83. The van der Waals surface area contributed by atoms with Crippen LogP contribution in [0.4, 0.5) is 4.39 Å². The zero-order valence-corrected chi connectivity index (χ0v) is 12.5. The summed E-state index contributed by atoms with van der Waals surface area (Å²) in [6.45, 7) is 1.17. The van der Waals surface area contributed by atoms with Crippen molar-refractivity contribution in [1.82, 2.24) is 10.3 Å². The lowest BCUT2D eigenvalue weighted by Gasteiger charge is -2.02. The van der Waals surface area contributed by atoms with Gasteiger partial charge in [-0.3, -0.25) is 4.79 Å². The molecule has 112 valence electrons. The van der Waals surface area contributed by atoms with Gasteiger partial charge in [0, 0.05) is 18.3 Å². The fraction of sp³-hybridized carbons (Fsp3) is 0.333. The third-order valence-electron chi connectivity index (χ3n) is 2.91. The summed E-state index contributed by atoms with van der Waals surface area (Å²) in [5, 5.41) is 5.61. The van der Waals surface area contributed by atoms with Crippen LogP contribution in [0.1, 0.15) is 22.7 Å². The summed E-state index contributed by atoms with van der Waals surface area (Å²) in [7, 11) is 0. The molecule has 0 bridgehead atoms. The van der Waals surface area contributed by atoms with Crippen molar-refractivity contribution in [2.24, 2.45) is 5.73 Å². The SMILES string of the molecule is NCCCNC(=O)Cc1csc(Cc2ccc(F)cc2)n1. The smallest absolute Gasteiger partial charge is 0.226 e. The van der Waals surface area contributed by atoms with Crippen molar-refractivity contribution in [3.8, 4) is 0 Å². The summed E-state index contributed by atoms with van der Waals surface area (Å²) < 4.78 is 12.8. The molecule has 4 nitrogen and oxygen atoms in total. The van der Waals surface area contributed by atoms with Crippen LogP contribution in [-0.2, 0) is 17.6 Å². The van der Waals surface area contributed by atoms with E-state index in [0.29, 0.717) is 19.5 Å². The normalized spacial score (nSPS) is 10.6. The first-order valence-electron chi connectivity index (χ1n) is 6.82. The van der Waals surface area contributed by atoms with Gasteiger partial charge in [0.15, 0.2) is 0 Å². The quantitative estimate of drug-likeness (QED) is 0.768. The van der Waals surface area contributed by atoms with Crippen molar-refractivity contribution in [2.45, 2.75) is 19.3 Å². The minimum absolute atomic E-state index is 0.0397. The molecular formula is C15H18FN3OS. The van der Waals surface area contributed by atoms with E-state index in [1.165, 1.54) is 23.5 Å². The lowest BCUT2D eigenvalue weighted by atomic mass is 10.1. The molecule has 1 aromatic carbocycles. The maximum absolute atomic E-state index is 12.8. The molecular weight excluding hydrogens is 289 g/mol. The van der Waals surface area contributed by atoms with E-state index in [-0.39, 0.29) is 18.1 Å². The van der Waals surface area contributed by atoms with Crippen molar-refractivity contribution in [1.29, 1.82) is 0 Å². The van der Waals surface area contributed by atoms with Gasteiger partial charge < -0.3 is 11.1 Å². The number of aromatic nitrogens is 1. The highest BCUT2D eigenvalue weighted by Crippen LogP contribution is 2.15. The molecule has 1 amide bonds. The highest BCUT2D eigenvalue weighted by atomic mass is 32.1. The number of carbonyl (C=O) groups is 1. The number of carbonyl (C=O) groups excluding carboxylic acids is 1. The van der Waals surface area contributed by atoms with Crippen molar-refractivity contribution in [2.75, 3.05) is 13.1 Å². The van der Waals surface area contributed by atoms with Gasteiger partial charge in [0.25, 0.3) is 0 Å². The molecule has 0 aliphatic carbocycles. The third kappa shape index (κ3) is 5.24. The first-order chi connectivity index (χ1) is 10.2. The van der Waals surface area contributed by atoms with Gasteiger partial charge in [0.05, 0.1) is 17.1 Å². The van der Waals surface area contributed by atoms with Crippen LogP contribution in [0.15, 0.2) is 29.6 Å². The van der Waals surface area contributed by atoms with Crippen LogP contribution in [0.25, 0.3) is 0 Å². The second-order valence-electron chi connectivity index (χ2n) is 4.70. The van der Waals surface area contributed by atoms with E-state index < -0.39 is 0 Å². The molecule has 0 aliphatic heterocycles. The molecule has 21 heavy (non-hydrogen) atoms. The van der Waals surface area contributed by atoms with E-state index in [2.05, 4.69) is 10.3 Å². The first kappa shape index (κ1) is 15.6. The minimum atomic E-state index is -0.243. The van der Waals surface area contributed by atoms with Gasteiger partial charge in [-0.2, -0.15) is 0 Å². The summed E-state index contributed by atoms with van der Waals surface area (Å²) in [6.07, 6.45) is 1.71. The van der Waals surface area contributed by atoms with Gasteiger partial charge in [-0.05, 0) is 30.7 Å². The summed E-state index contributed by atoms with van der Waals surface area (Å²) >= 11 is 1.51. The fourth-order valence-electron chi connectivity index (χ4n) is 1.85. The maximum Gasteiger partial charge on any atom is 0.226 e. The van der Waals surface area contributed by atoms with E-state index in [0.717, 1.165) is 22.7 Å². The lowest BCUT2D eigenvalue weighted by molar-refractivity contribution is -0.120. The first-order valence-corrected chi connectivity index (χ1v) is 7.70. The Morgan fingerprint density at radius 3 is 2.81 bits per heavy atom. The largest absolute Gasteiger partial charge is 0.356 e. The summed E-state index contributed by atoms with van der Waals surface area (Å²) in [5.74, 6) is -0.283. The Bertz CT molecular complexity index is 583. The monoisotopic (exact) mass is 307 g/mol. The average molecular weight is 307 g/mol. The van der Waals surface area contributed by atoms with Crippen LogP contribution < -0.4 is 11.1 Å². The van der Waals surface area contributed by atoms with Crippen molar-refractivity contribution in [3.05, 3.63) is 51.7 Å². The lowest BCUT2D eigenvalue weighted by Crippen LogP contribution is -2.27. The number of thiazole rings is 1. The second-order valence-corrected chi connectivity index (χ2v) is 5.65. The Morgan fingerprint density at radius 2 is 2.10 bits per heavy atom. The van der Waals surface area contributed by atoms with Crippen LogP contribution in [-0.4, -0.2) is 24.0 Å². The summed E-state index contributed by atoms with van der Waals surface area (Å²) in [4.78, 5) is 16.1. The average Bonchev–Trinajstić information content (AvgIpc) is 2.89. The Labute approximate surface area is 127 Å². The molecule has 1 aromatic heterocycles. The number of rotatable bonds is 7. The number of benzene rings is 1. The molecule has 3 N–H and O–H groups in total. The van der Waals surface area contributed by atoms with Crippen LogP contribution in [0.2, 0.25) is 0 Å². The van der Waals surface area contributed by atoms with Gasteiger partial charge in [0.1, 0.15) is 5.82 Å². The van der Waals surface area contributed by atoms with E-state index in [1.54, 1.807) is 12.1 Å². The minimum Gasteiger partial charge on any atom is -0.356 e. The van der Waals surface area contributed by atoms with E-state index >= 15 is 0 Å². The molecule has 2 aromatic rings. The molecule has 6 heteroatoms. The van der Waals surface area contributed by atoms with Gasteiger partial charge in [-0.25, -0.2) is 9.37 Å². The summed E-state index contributed by atoms with van der Waals surface area (Å²) in [5.41, 5.74) is 7.14. The molecule has 0 saturated heterocycles. The van der Waals surface area contributed by atoms with Gasteiger partial charge in [-0.15, -0.1) is 11.3 Å². The Hall–Kier alpha value is -1.79. The molecule has 0 atom stereocenters. The molecule has 2 rings (SSSR count). The highest BCUT2D eigenvalue weighted by Gasteiger charge is 2.08. The number of halogens is 1. The number of nitrogens with zero attached hydrogens (tertiary/aromatic N) is 1. The Balaban J connectivity index is 1.86. The van der Waals surface area contributed by atoms with Crippen LogP contribution in [0.5, 0.6) is 0 Å². The standard InChI is InChI=1S/C15H18FN3OS/c16-12-4-2-11(3-5-12)8-15-19-13(10-21-15)9-14(20)18-7-1-6-17/h2-5,10H,1,6-9,17H2,(H,18,20). The van der Waals surface area contributed by atoms with Crippen molar-refractivity contribution < 1.29 is 9.18 Å². The number of hydrogen-bond donors (Lipinski definition) is 2. The highest BCUT2D eigenvalue weighted by molar-refractivity contribution is 7.09. The number of amides is 1. The van der Waals surface area contributed by atoms with E-state index in [4.69, 9.17) is 5.73 Å². The van der Waals surface area contributed by atoms with Crippen molar-refractivity contribution in [3.63, 3.8) is 0 Å². The molecule has 0 radical (unpaired) electrons. The van der Waals surface area contributed by atoms with E-state index in [1.807, 2.05) is 5.38 Å². The maximum atomic E-state index is 12.8. The van der Waals surface area contributed by atoms with Crippen LogP contribution >= 0.6 is 11.3 Å². The fourth-order valence-corrected chi connectivity index (χ4v) is 2.67. The Morgan fingerprint density at radius 1 is 1.33 bits per heavy atom. The van der Waals surface area contributed by atoms with Crippen molar-refractivity contribution >= 4 is 17.2 Å². The molecule has 0 aliphatic rings. The topological polar surface area (TPSA) is 68.0 Å². The van der Waals surface area contributed by atoms with Crippen LogP contribution in [0.3, 0.4) is 0 Å². The molecule has 0 fully saturated rings. The zero-order chi connectivity index (χ0) is 15.1. The number of nitrogens with one attached hydrogen (secondary N) is 1. The third-order valence-corrected chi connectivity index (χ3v) is 3.81. The number of nitrogens with two attached hydrogens (primary N) is 1. The molecule has 0 spiro atoms. The second kappa shape index (κ2) is 7.85. The molecule has 1 heterocycles. The van der Waals surface area contributed by atoms with Gasteiger partial charge in [-0.1, -0.05) is 12.1 Å². The zero-order valence-electron chi connectivity index (χ0n) is 11.6. The van der Waals surface area contributed by atoms with Gasteiger partial charge >= 0.3 is 0 Å².